The Morgan fingerprint density at radius 1 is 0.963 bits per heavy atom. The maximum absolute atomic E-state index is 13.6. The van der Waals surface area contributed by atoms with E-state index in [1.807, 2.05) is 0 Å². The molecule has 1 aromatic carbocycles. The number of halogens is 6. The van der Waals surface area contributed by atoms with Gasteiger partial charge in [0, 0.05) is 6.07 Å². The highest BCUT2D eigenvalue weighted by Crippen LogP contribution is 2.38. The molecule has 0 fully saturated rings. The minimum Gasteiger partial charge on any atom is -0.497 e. The van der Waals surface area contributed by atoms with Crippen molar-refractivity contribution in [3.05, 3.63) is 18.2 Å². The first kappa shape index (κ1) is 22.2. The van der Waals surface area contributed by atoms with Crippen LogP contribution >= 0.6 is 0 Å². The third kappa shape index (κ3) is 4.65. The second-order valence-corrected chi connectivity index (χ2v) is 4.88. The minimum absolute atomic E-state index is 0.0126. The molecule has 0 unspecified atom stereocenters. The lowest BCUT2D eigenvalue weighted by Gasteiger charge is -2.35. The van der Waals surface area contributed by atoms with Gasteiger partial charge in [-0.3, -0.25) is 4.79 Å². The lowest BCUT2D eigenvalue weighted by atomic mass is 10.1. The van der Waals surface area contributed by atoms with Gasteiger partial charge in [0.15, 0.2) is 0 Å². The zero-order chi connectivity index (χ0) is 21.0. The number of carbonyl (C=O) groups is 2. The van der Waals surface area contributed by atoms with Crippen molar-refractivity contribution < 1.29 is 50.1 Å². The zero-order valence-corrected chi connectivity index (χ0v) is 14.0. The number of hydrogen-bond acceptors (Lipinski definition) is 6. The summed E-state index contributed by atoms with van der Waals surface area (Å²) in [4.78, 5) is 23.0. The van der Waals surface area contributed by atoms with E-state index in [1.165, 1.54) is 13.2 Å². The molecular weight excluding hydrogens is 390 g/mol. The molecule has 0 aromatic heterocycles. The van der Waals surface area contributed by atoms with Gasteiger partial charge in [0.25, 0.3) is 0 Å². The number of esters is 1. The third-order valence-corrected chi connectivity index (χ3v) is 3.20. The predicted octanol–water partition coefficient (Wildman–Crippen LogP) is 2.23. The van der Waals surface area contributed by atoms with E-state index in [0.29, 0.717) is 12.4 Å². The van der Waals surface area contributed by atoms with Crippen LogP contribution in [-0.2, 0) is 14.3 Å². The Morgan fingerprint density at radius 2 is 1.56 bits per heavy atom. The number of amides is 1. The highest BCUT2D eigenvalue weighted by Gasteiger charge is 2.65. The first-order valence-corrected chi connectivity index (χ1v) is 6.87. The van der Waals surface area contributed by atoms with E-state index in [2.05, 4.69) is 4.74 Å². The summed E-state index contributed by atoms with van der Waals surface area (Å²) in [6.07, 6.45) is -11.4. The molecule has 0 aliphatic heterocycles. The molecule has 2 N–H and O–H groups in total. The molecule has 7 nitrogen and oxygen atoms in total. The fraction of sp³-hybridized carbons (Fsp3) is 0.429. The SMILES string of the molecule is COC(=O)[C@@](NC(=O)C(F)(F)F)(Nc1cc(OC)ccc1OC)C(F)(F)F. The molecule has 1 atom stereocenters. The first-order chi connectivity index (χ1) is 12.3. The third-order valence-electron chi connectivity index (χ3n) is 3.20. The average molecular weight is 404 g/mol. The number of carbonyl (C=O) groups excluding carboxylic acids is 2. The van der Waals surface area contributed by atoms with E-state index < -0.39 is 35.6 Å². The summed E-state index contributed by atoms with van der Waals surface area (Å²) < 4.78 is 92.2. The van der Waals surface area contributed by atoms with Crippen molar-refractivity contribution in [2.75, 3.05) is 26.6 Å². The quantitative estimate of drug-likeness (QED) is 0.430. The molecule has 152 valence electrons. The van der Waals surface area contributed by atoms with E-state index in [0.717, 1.165) is 19.2 Å². The van der Waals surface area contributed by atoms with Crippen molar-refractivity contribution in [3.63, 3.8) is 0 Å². The van der Waals surface area contributed by atoms with Crippen LogP contribution in [0.15, 0.2) is 18.2 Å². The molecule has 0 aliphatic carbocycles. The summed E-state index contributed by atoms with van der Waals surface area (Å²) in [5, 5.41) is 2.17. The van der Waals surface area contributed by atoms with Crippen molar-refractivity contribution in [2.45, 2.75) is 18.0 Å². The van der Waals surface area contributed by atoms with Crippen LogP contribution < -0.4 is 20.1 Å². The van der Waals surface area contributed by atoms with E-state index in [4.69, 9.17) is 9.47 Å². The fourth-order valence-corrected chi connectivity index (χ4v) is 1.90. The van der Waals surface area contributed by atoms with Gasteiger partial charge in [0.05, 0.1) is 27.0 Å². The topological polar surface area (TPSA) is 85.9 Å². The molecule has 0 radical (unpaired) electrons. The van der Waals surface area contributed by atoms with Gasteiger partial charge in [0.1, 0.15) is 11.5 Å². The van der Waals surface area contributed by atoms with Gasteiger partial charge in [-0.05, 0) is 12.1 Å². The minimum atomic E-state index is -5.74. The molecule has 0 saturated carbocycles. The van der Waals surface area contributed by atoms with Crippen molar-refractivity contribution in [1.29, 1.82) is 0 Å². The van der Waals surface area contributed by atoms with Gasteiger partial charge in [-0.2, -0.15) is 26.3 Å². The maximum Gasteiger partial charge on any atom is 0.471 e. The molecule has 0 heterocycles. The number of benzene rings is 1. The Morgan fingerprint density at radius 3 is 1.96 bits per heavy atom. The Kier molecular flexibility index (Phi) is 6.41. The summed E-state index contributed by atoms with van der Waals surface area (Å²) in [7, 11) is 2.75. The summed E-state index contributed by atoms with van der Waals surface area (Å²) in [5.74, 6) is -5.55. The second kappa shape index (κ2) is 7.80. The van der Waals surface area contributed by atoms with E-state index in [1.54, 1.807) is 5.32 Å². The number of ether oxygens (including phenoxy) is 3. The largest absolute Gasteiger partial charge is 0.497 e. The fourth-order valence-electron chi connectivity index (χ4n) is 1.90. The number of methoxy groups -OCH3 is 3. The normalized spacial score (nSPS) is 14.0. The number of anilines is 1. The molecule has 1 rings (SSSR count). The number of hydrogen-bond donors (Lipinski definition) is 2. The van der Waals surface area contributed by atoms with Crippen LogP contribution in [0.25, 0.3) is 0 Å². The monoisotopic (exact) mass is 404 g/mol. The maximum atomic E-state index is 13.6. The van der Waals surface area contributed by atoms with Crippen molar-refractivity contribution >= 4 is 17.6 Å². The molecular formula is C14H14F6N2O5. The van der Waals surface area contributed by atoms with Crippen LogP contribution in [0.3, 0.4) is 0 Å². The summed E-state index contributed by atoms with van der Waals surface area (Å²) in [6, 6.07) is 3.33. The summed E-state index contributed by atoms with van der Waals surface area (Å²) in [5.41, 5.74) is -4.85. The highest BCUT2D eigenvalue weighted by atomic mass is 19.4. The summed E-state index contributed by atoms with van der Waals surface area (Å²) in [6.45, 7) is 0. The van der Waals surface area contributed by atoms with Crippen molar-refractivity contribution in [2.24, 2.45) is 0 Å². The Bertz CT molecular complexity index is 706. The van der Waals surface area contributed by atoms with Gasteiger partial charge in [0.2, 0.25) is 0 Å². The van der Waals surface area contributed by atoms with Crippen LogP contribution in [0, 0.1) is 0 Å². The van der Waals surface area contributed by atoms with Crippen LogP contribution in [0.1, 0.15) is 0 Å². The number of rotatable bonds is 6. The Labute approximate surface area is 148 Å². The molecule has 0 spiro atoms. The van der Waals surface area contributed by atoms with Crippen LogP contribution in [0.5, 0.6) is 11.5 Å². The standard InChI is InChI=1S/C14H14F6N2O5/c1-25-7-4-5-9(26-2)8(6-7)21-12(11(24)27-3,14(18,19)20)22-10(23)13(15,16)17/h4-6,21H,1-3H3,(H,22,23)/t12-/m0/s1. The van der Waals surface area contributed by atoms with Gasteiger partial charge in [-0.15, -0.1) is 0 Å². The van der Waals surface area contributed by atoms with Gasteiger partial charge >= 0.3 is 29.9 Å². The highest BCUT2D eigenvalue weighted by molar-refractivity contribution is 5.93. The predicted molar refractivity (Wildman–Crippen MR) is 78.2 cm³/mol. The smallest absolute Gasteiger partial charge is 0.471 e. The van der Waals surface area contributed by atoms with Crippen molar-refractivity contribution in [3.8, 4) is 11.5 Å². The second-order valence-electron chi connectivity index (χ2n) is 4.88. The van der Waals surface area contributed by atoms with Crippen molar-refractivity contribution in [1.82, 2.24) is 5.32 Å². The number of alkyl halides is 6. The zero-order valence-electron chi connectivity index (χ0n) is 14.0. The van der Waals surface area contributed by atoms with E-state index in [9.17, 15) is 35.9 Å². The van der Waals surface area contributed by atoms with Gasteiger partial charge in [-0.25, -0.2) is 4.79 Å². The molecule has 0 bridgehead atoms. The van der Waals surface area contributed by atoms with Crippen LogP contribution in [0.2, 0.25) is 0 Å². The lowest BCUT2D eigenvalue weighted by molar-refractivity contribution is -0.213. The molecule has 13 heteroatoms. The molecule has 1 aromatic rings. The Balaban J connectivity index is 3.59. The molecule has 0 saturated heterocycles. The molecule has 27 heavy (non-hydrogen) atoms. The van der Waals surface area contributed by atoms with Gasteiger partial charge in [-0.1, -0.05) is 0 Å². The Hall–Kier alpha value is -2.86. The summed E-state index contributed by atoms with van der Waals surface area (Å²) >= 11 is 0. The van der Waals surface area contributed by atoms with E-state index in [-0.39, 0.29) is 11.5 Å². The van der Waals surface area contributed by atoms with Crippen LogP contribution in [0.4, 0.5) is 32.0 Å². The van der Waals surface area contributed by atoms with Crippen LogP contribution in [-0.4, -0.2) is 51.2 Å². The lowest BCUT2D eigenvalue weighted by Crippen LogP contribution is -2.70. The van der Waals surface area contributed by atoms with E-state index >= 15 is 0 Å². The molecule has 1 amide bonds. The average Bonchev–Trinajstić information content (AvgIpc) is 2.58. The van der Waals surface area contributed by atoms with Gasteiger partial charge < -0.3 is 24.8 Å². The number of nitrogens with one attached hydrogen (secondary N) is 2. The first-order valence-electron chi connectivity index (χ1n) is 6.87. The molecule has 0 aliphatic rings.